The fraction of sp³-hybridized carbons (Fsp3) is 0.273. The van der Waals surface area contributed by atoms with Crippen LogP contribution in [0.2, 0.25) is 0 Å². The normalized spacial score (nSPS) is 11.9. The van der Waals surface area contributed by atoms with Crippen molar-refractivity contribution in [3.05, 3.63) is 29.8 Å². The number of phenols is 1. The lowest BCUT2D eigenvalue weighted by Gasteiger charge is -2.10. The molecule has 1 aromatic rings. The maximum Gasteiger partial charge on any atom is 0.243 e. The van der Waals surface area contributed by atoms with Gasteiger partial charge in [-0.2, -0.15) is 0 Å². The molecule has 0 bridgehead atoms. The van der Waals surface area contributed by atoms with E-state index in [1.54, 1.807) is 12.1 Å². The molecule has 0 aliphatic carbocycles. The Bertz CT molecular complexity index is 387. The highest BCUT2D eigenvalue weighted by molar-refractivity contribution is 5.96. The number of nitrogens with one attached hydrogen (secondary N) is 1. The van der Waals surface area contributed by atoms with E-state index < -0.39 is 17.9 Å². The first-order valence-electron chi connectivity index (χ1n) is 4.84. The average molecular weight is 222 g/mol. The van der Waals surface area contributed by atoms with Gasteiger partial charge in [-0.15, -0.1) is 0 Å². The van der Waals surface area contributed by atoms with E-state index in [2.05, 4.69) is 5.32 Å². The number of carbonyl (C=O) groups is 2. The van der Waals surface area contributed by atoms with Crippen LogP contribution in [0.1, 0.15) is 12.5 Å². The number of imide groups is 1. The van der Waals surface area contributed by atoms with Gasteiger partial charge in [0.2, 0.25) is 11.8 Å². The molecule has 4 N–H and O–H groups in total. The number of benzene rings is 1. The number of hydrogen-bond acceptors (Lipinski definition) is 4. The van der Waals surface area contributed by atoms with E-state index in [-0.39, 0.29) is 5.75 Å². The van der Waals surface area contributed by atoms with Crippen molar-refractivity contribution in [3.8, 4) is 5.75 Å². The largest absolute Gasteiger partial charge is 0.508 e. The third kappa shape index (κ3) is 3.70. The van der Waals surface area contributed by atoms with E-state index in [4.69, 9.17) is 10.8 Å². The molecule has 0 spiro atoms. The van der Waals surface area contributed by atoms with Crippen LogP contribution < -0.4 is 11.1 Å². The Labute approximate surface area is 93.3 Å². The number of carbonyl (C=O) groups excluding carboxylic acids is 2. The predicted molar refractivity (Wildman–Crippen MR) is 58.6 cm³/mol. The molecule has 0 saturated carbocycles. The van der Waals surface area contributed by atoms with Crippen molar-refractivity contribution < 1.29 is 14.7 Å². The molecule has 0 fully saturated rings. The second kappa shape index (κ2) is 5.27. The lowest BCUT2D eigenvalue weighted by atomic mass is 10.1. The molecule has 0 heterocycles. The van der Waals surface area contributed by atoms with E-state index in [0.717, 1.165) is 5.56 Å². The summed E-state index contributed by atoms with van der Waals surface area (Å²) >= 11 is 0. The van der Waals surface area contributed by atoms with E-state index in [1.807, 2.05) is 0 Å². The quantitative estimate of drug-likeness (QED) is 0.667. The zero-order valence-corrected chi connectivity index (χ0v) is 8.93. The summed E-state index contributed by atoms with van der Waals surface area (Å²) in [5.41, 5.74) is 6.43. The van der Waals surface area contributed by atoms with Gasteiger partial charge in [0, 0.05) is 6.92 Å². The van der Waals surface area contributed by atoms with Crippen LogP contribution in [0.4, 0.5) is 0 Å². The fourth-order valence-corrected chi connectivity index (χ4v) is 1.24. The highest BCUT2D eigenvalue weighted by atomic mass is 16.3. The molecule has 5 heteroatoms. The summed E-state index contributed by atoms with van der Waals surface area (Å²) in [6.45, 7) is 1.26. The molecule has 1 rings (SSSR count). The summed E-state index contributed by atoms with van der Waals surface area (Å²) in [6, 6.07) is 5.62. The fourth-order valence-electron chi connectivity index (χ4n) is 1.24. The van der Waals surface area contributed by atoms with E-state index in [0.29, 0.717) is 6.42 Å². The number of aromatic hydroxyl groups is 1. The van der Waals surface area contributed by atoms with Gasteiger partial charge in [0.05, 0.1) is 6.04 Å². The molecule has 1 atom stereocenters. The van der Waals surface area contributed by atoms with Gasteiger partial charge in [-0.25, -0.2) is 0 Å². The Hall–Kier alpha value is -1.88. The number of amides is 2. The summed E-state index contributed by atoms with van der Waals surface area (Å²) in [5.74, 6) is -0.766. The molecule has 86 valence electrons. The standard InChI is InChI=1S/C11H14N2O3/c1-7(14)13-11(16)10(12)6-8-2-4-9(15)5-3-8/h2-5,10,15H,6,12H2,1H3,(H,13,14,16). The van der Waals surface area contributed by atoms with Gasteiger partial charge in [-0.1, -0.05) is 12.1 Å². The van der Waals surface area contributed by atoms with E-state index in [1.165, 1.54) is 19.1 Å². The van der Waals surface area contributed by atoms with Gasteiger partial charge < -0.3 is 10.8 Å². The second-order valence-electron chi connectivity index (χ2n) is 3.52. The molecule has 0 saturated heterocycles. The summed E-state index contributed by atoms with van der Waals surface area (Å²) in [7, 11) is 0. The van der Waals surface area contributed by atoms with Crippen molar-refractivity contribution in [2.45, 2.75) is 19.4 Å². The molecule has 5 nitrogen and oxygen atoms in total. The van der Waals surface area contributed by atoms with Gasteiger partial charge in [-0.3, -0.25) is 14.9 Å². The minimum Gasteiger partial charge on any atom is -0.508 e. The molecular formula is C11H14N2O3. The summed E-state index contributed by atoms with van der Waals surface area (Å²) < 4.78 is 0. The Kier molecular flexibility index (Phi) is 4.02. The molecule has 0 aromatic heterocycles. The SMILES string of the molecule is CC(=O)NC(=O)C(N)Cc1ccc(O)cc1. The van der Waals surface area contributed by atoms with Crippen molar-refractivity contribution in [1.82, 2.24) is 5.32 Å². The Morgan fingerprint density at radius 1 is 1.38 bits per heavy atom. The Morgan fingerprint density at radius 3 is 2.44 bits per heavy atom. The van der Waals surface area contributed by atoms with Crippen LogP contribution in [0.3, 0.4) is 0 Å². The number of hydrogen-bond donors (Lipinski definition) is 3. The van der Waals surface area contributed by atoms with Crippen LogP contribution >= 0.6 is 0 Å². The minimum absolute atomic E-state index is 0.158. The van der Waals surface area contributed by atoms with E-state index in [9.17, 15) is 9.59 Å². The third-order valence-electron chi connectivity index (χ3n) is 2.03. The van der Waals surface area contributed by atoms with Crippen molar-refractivity contribution >= 4 is 11.8 Å². The second-order valence-corrected chi connectivity index (χ2v) is 3.52. The molecule has 1 unspecified atom stereocenters. The number of nitrogens with two attached hydrogens (primary N) is 1. The number of rotatable bonds is 3. The predicted octanol–water partition coefficient (Wildman–Crippen LogP) is -0.0753. The summed E-state index contributed by atoms with van der Waals surface area (Å²) in [4.78, 5) is 22.0. The zero-order valence-electron chi connectivity index (χ0n) is 8.93. The maximum absolute atomic E-state index is 11.3. The lowest BCUT2D eigenvalue weighted by molar-refractivity contribution is -0.130. The molecule has 1 aromatic carbocycles. The van der Waals surface area contributed by atoms with Gasteiger partial charge in [0.1, 0.15) is 5.75 Å². The first-order valence-corrected chi connectivity index (χ1v) is 4.84. The van der Waals surface area contributed by atoms with Crippen LogP contribution in [-0.2, 0) is 16.0 Å². The van der Waals surface area contributed by atoms with Crippen LogP contribution in [-0.4, -0.2) is 23.0 Å². The Balaban J connectivity index is 2.57. The molecule has 0 aliphatic heterocycles. The maximum atomic E-state index is 11.3. The topological polar surface area (TPSA) is 92.4 Å². The van der Waals surface area contributed by atoms with Crippen molar-refractivity contribution in [2.75, 3.05) is 0 Å². The van der Waals surface area contributed by atoms with Crippen molar-refractivity contribution in [3.63, 3.8) is 0 Å². The third-order valence-corrected chi connectivity index (χ3v) is 2.03. The van der Waals surface area contributed by atoms with E-state index >= 15 is 0 Å². The first kappa shape index (κ1) is 12.2. The van der Waals surface area contributed by atoms with Crippen LogP contribution in [0.15, 0.2) is 24.3 Å². The van der Waals surface area contributed by atoms with Crippen molar-refractivity contribution in [2.24, 2.45) is 5.73 Å². The molecule has 0 radical (unpaired) electrons. The Morgan fingerprint density at radius 2 is 1.94 bits per heavy atom. The highest BCUT2D eigenvalue weighted by Crippen LogP contribution is 2.10. The summed E-state index contributed by atoms with van der Waals surface area (Å²) in [6.07, 6.45) is 0.319. The van der Waals surface area contributed by atoms with Gasteiger partial charge >= 0.3 is 0 Å². The molecule has 0 aliphatic rings. The average Bonchev–Trinajstić information content (AvgIpc) is 2.20. The highest BCUT2D eigenvalue weighted by Gasteiger charge is 2.14. The van der Waals surface area contributed by atoms with Gasteiger partial charge in [0.15, 0.2) is 0 Å². The number of phenolic OH excluding ortho intramolecular Hbond substituents is 1. The van der Waals surface area contributed by atoms with Gasteiger partial charge in [0.25, 0.3) is 0 Å². The van der Waals surface area contributed by atoms with Gasteiger partial charge in [-0.05, 0) is 24.1 Å². The van der Waals surface area contributed by atoms with Crippen LogP contribution in [0.25, 0.3) is 0 Å². The smallest absolute Gasteiger partial charge is 0.243 e. The minimum atomic E-state index is -0.770. The first-order chi connectivity index (χ1) is 7.49. The monoisotopic (exact) mass is 222 g/mol. The molecular weight excluding hydrogens is 208 g/mol. The van der Waals surface area contributed by atoms with Crippen LogP contribution in [0.5, 0.6) is 5.75 Å². The molecule has 2 amide bonds. The summed E-state index contributed by atoms with van der Waals surface area (Å²) in [5, 5.41) is 11.2. The lowest BCUT2D eigenvalue weighted by Crippen LogP contribution is -2.43. The molecule has 16 heavy (non-hydrogen) atoms. The van der Waals surface area contributed by atoms with Crippen LogP contribution in [0, 0.1) is 0 Å². The zero-order chi connectivity index (χ0) is 12.1. The van der Waals surface area contributed by atoms with Crippen molar-refractivity contribution in [1.29, 1.82) is 0 Å².